The molecule has 0 spiro atoms. The number of hydrogen-bond donors (Lipinski definition) is 0. The number of amides is 1. The Kier molecular flexibility index (Phi) is 5.43. The highest BCUT2D eigenvalue weighted by molar-refractivity contribution is 6.32. The van der Waals surface area contributed by atoms with E-state index in [1.807, 2.05) is 24.3 Å². The number of aryl methyl sites for hydroxylation is 1. The Morgan fingerprint density at radius 2 is 1.87 bits per heavy atom. The van der Waals surface area contributed by atoms with Crippen LogP contribution in [0.5, 0.6) is 0 Å². The van der Waals surface area contributed by atoms with Crippen LogP contribution in [0, 0.1) is 10.1 Å². The average Bonchev–Trinajstić information content (AvgIpc) is 2.74. The zero-order chi connectivity index (χ0) is 21.4. The van der Waals surface area contributed by atoms with Gasteiger partial charge in [-0.15, -0.1) is 0 Å². The lowest BCUT2D eigenvalue weighted by molar-refractivity contribution is -0.384. The Bertz CT molecular complexity index is 1080. The molecule has 0 fully saturated rings. The molecule has 2 aromatic carbocycles. The number of carbonyl (C=O) groups is 2. The van der Waals surface area contributed by atoms with Crippen LogP contribution in [0.2, 0.25) is 5.02 Å². The molecule has 1 atom stereocenters. The molecule has 1 heterocycles. The molecule has 7 heteroatoms. The van der Waals surface area contributed by atoms with Crippen molar-refractivity contribution < 1.29 is 14.5 Å². The van der Waals surface area contributed by atoms with Crippen LogP contribution in [0.25, 0.3) is 0 Å². The first kappa shape index (κ1) is 20.3. The van der Waals surface area contributed by atoms with Crippen molar-refractivity contribution >= 4 is 34.7 Å². The summed E-state index contributed by atoms with van der Waals surface area (Å²) in [7, 11) is 0. The third-order valence-electron chi connectivity index (χ3n) is 5.85. The van der Waals surface area contributed by atoms with Gasteiger partial charge in [0.1, 0.15) is 5.02 Å². The molecule has 4 rings (SSSR count). The minimum Gasteiger partial charge on any atom is -0.294 e. The number of nitrogens with zero attached hydrogens (tertiary/aromatic N) is 2. The summed E-state index contributed by atoms with van der Waals surface area (Å²) < 4.78 is 0. The standard InChI is InChI=1S/C23H21ClN2O4/c1-2-14-6-8-15(9-7-14)17-13-22(28)25(19-4-3-5-21(27)23(17)19)16-10-11-18(24)20(12-16)26(29)30/h6-12,17H,2-5,13H2,1H3. The molecule has 1 aliphatic heterocycles. The molecule has 1 amide bonds. The monoisotopic (exact) mass is 424 g/mol. The molecule has 2 aromatic rings. The van der Waals surface area contributed by atoms with Crippen LogP contribution in [0.15, 0.2) is 53.7 Å². The number of nitro benzene ring substituents is 1. The van der Waals surface area contributed by atoms with Crippen molar-refractivity contribution in [1.82, 2.24) is 0 Å². The number of carbonyl (C=O) groups excluding carboxylic acids is 2. The van der Waals surface area contributed by atoms with Gasteiger partial charge < -0.3 is 0 Å². The van der Waals surface area contributed by atoms with E-state index in [0.717, 1.165) is 12.0 Å². The van der Waals surface area contributed by atoms with E-state index in [9.17, 15) is 19.7 Å². The van der Waals surface area contributed by atoms with Crippen molar-refractivity contribution in [1.29, 1.82) is 0 Å². The quantitative estimate of drug-likeness (QED) is 0.490. The normalized spacial score (nSPS) is 19.1. The minimum atomic E-state index is -0.570. The maximum atomic E-state index is 13.2. The summed E-state index contributed by atoms with van der Waals surface area (Å²) in [6, 6.07) is 12.4. The Morgan fingerprint density at radius 3 is 2.53 bits per heavy atom. The fourth-order valence-electron chi connectivity index (χ4n) is 4.34. The smallest absolute Gasteiger partial charge is 0.289 e. The Morgan fingerprint density at radius 1 is 1.13 bits per heavy atom. The van der Waals surface area contributed by atoms with E-state index in [0.29, 0.717) is 36.2 Å². The molecule has 0 bridgehead atoms. The van der Waals surface area contributed by atoms with E-state index in [-0.39, 0.29) is 34.7 Å². The van der Waals surface area contributed by atoms with Crippen LogP contribution in [-0.2, 0) is 16.0 Å². The fourth-order valence-corrected chi connectivity index (χ4v) is 4.53. The van der Waals surface area contributed by atoms with E-state index in [1.165, 1.54) is 22.6 Å². The van der Waals surface area contributed by atoms with Crippen LogP contribution in [0.4, 0.5) is 11.4 Å². The van der Waals surface area contributed by atoms with Gasteiger partial charge in [0.05, 0.1) is 10.6 Å². The Hall–Kier alpha value is -2.99. The predicted molar refractivity (Wildman–Crippen MR) is 115 cm³/mol. The van der Waals surface area contributed by atoms with Crippen LogP contribution in [0.3, 0.4) is 0 Å². The summed E-state index contributed by atoms with van der Waals surface area (Å²) in [5.41, 5.74) is 3.57. The predicted octanol–water partition coefficient (Wildman–Crippen LogP) is 5.34. The number of halogens is 1. The minimum absolute atomic E-state index is 0.0102. The molecule has 1 aliphatic carbocycles. The lowest BCUT2D eigenvalue weighted by Gasteiger charge is -2.38. The molecular formula is C23H21ClN2O4. The third-order valence-corrected chi connectivity index (χ3v) is 6.17. The van der Waals surface area contributed by atoms with Gasteiger partial charge in [-0.3, -0.25) is 24.6 Å². The van der Waals surface area contributed by atoms with Gasteiger partial charge in [-0.25, -0.2) is 0 Å². The summed E-state index contributed by atoms with van der Waals surface area (Å²) >= 11 is 5.94. The molecule has 0 saturated carbocycles. The van der Waals surface area contributed by atoms with E-state index in [1.54, 1.807) is 6.07 Å². The van der Waals surface area contributed by atoms with E-state index in [4.69, 9.17) is 11.6 Å². The molecule has 30 heavy (non-hydrogen) atoms. The zero-order valence-electron chi connectivity index (χ0n) is 16.6. The molecule has 154 valence electrons. The SMILES string of the molecule is CCc1ccc(C2CC(=O)N(c3ccc(Cl)c([N+](=O)[O-])c3)C3=C2C(=O)CCC3)cc1. The topological polar surface area (TPSA) is 80.5 Å². The second-order valence-corrected chi connectivity index (χ2v) is 8.02. The maximum Gasteiger partial charge on any atom is 0.289 e. The fraction of sp³-hybridized carbons (Fsp3) is 0.304. The number of anilines is 1. The van der Waals surface area contributed by atoms with Crippen LogP contribution >= 0.6 is 11.6 Å². The third kappa shape index (κ3) is 3.52. The van der Waals surface area contributed by atoms with E-state index in [2.05, 4.69) is 6.92 Å². The van der Waals surface area contributed by atoms with Gasteiger partial charge in [0, 0.05) is 36.1 Å². The lowest BCUT2D eigenvalue weighted by Crippen LogP contribution is -2.40. The maximum absolute atomic E-state index is 13.2. The molecule has 0 aromatic heterocycles. The van der Waals surface area contributed by atoms with Crippen molar-refractivity contribution in [3.63, 3.8) is 0 Å². The van der Waals surface area contributed by atoms with Crippen molar-refractivity contribution in [2.24, 2.45) is 0 Å². The van der Waals surface area contributed by atoms with Gasteiger partial charge in [-0.2, -0.15) is 0 Å². The molecule has 0 radical (unpaired) electrons. The van der Waals surface area contributed by atoms with Gasteiger partial charge >= 0.3 is 0 Å². The van der Waals surface area contributed by atoms with E-state index < -0.39 is 4.92 Å². The Labute approximate surface area is 179 Å². The first-order valence-electron chi connectivity index (χ1n) is 10.0. The summed E-state index contributed by atoms with van der Waals surface area (Å²) in [5, 5.41) is 11.3. The summed E-state index contributed by atoms with van der Waals surface area (Å²) in [5.74, 6) is -0.420. The second kappa shape index (κ2) is 8.03. The number of benzene rings is 2. The molecule has 6 nitrogen and oxygen atoms in total. The van der Waals surface area contributed by atoms with Gasteiger partial charge in [0.25, 0.3) is 5.69 Å². The first-order chi connectivity index (χ1) is 14.4. The molecule has 2 aliphatic rings. The Balaban J connectivity index is 1.83. The molecular weight excluding hydrogens is 404 g/mol. The van der Waals surface area contributed by atoms with E-state index >= 15 is 0 Å². The number of hydrogen-bond acceptors (Lipinski definition) is 4. The summed E-state index contributed by atoms with van der Waals surface area (Å²) in [6.45, 7) is 2.08. The number of ketones is 1. The average molecular weight is 425 g/mol. The number of allylic oxidation sites excluding steroid dienone is 2. The lowest BCUT2D eigenvalue weighted by atomic mass is 9.77. The van der Waals surface area contributed by atoms with Gasteiger partial charge in [-0.05, 0) is 42.5 Å². The van der Waals surface area contributed by atoms with Crippen molar-refractivity contribution in [3.8, 4) is 0 Å². The van der Waals surface area contributed by atoms with Crippen LogP contribution < -0.4 is 4.90 Å². The summed E-state index contributed by atoms with van der Waals surface area (Å²) in [4.78, 5) is 38.4. The van der Waals surface area contributed by atoms with Gasteiger partial charge in [0.2, 0.25) is 5.91 Å². The second-order valence-electron chi connectivity index (χ2n) is 7.61. The highest BCUT2D eigenvalue weighted by Gasteiger charge is 2.40. The largest absolute Gasteiger partial charge is 0.294 e. The zero-order valence-corrected chi connectivity index (χ0v) is 17.3. The van der Waals surface area contributed by atoms with Gasteiger partial charge in [-0.1, -0.05) is 42.8 Å². The highest BCUT2D eigenvalue weighted by Crippen LogP contribution is 2.44. The van der Waals surface area contributed by atoms with Crippen LogP contribution in [0.1, 0.15) is 49.7 Å². The van der Waals surface area contributed by atoms with Crippen molar-refractivity contribution in [2.45, 2.75) is 44.9 Å². The number of Topliss-reactive ketones (excluding diaryl/α,β-unsaturated/α-hetero) is 1. The summed E-state index contributed by atoms with van der Waals surface area (Å²) in [6.07, 6.45) is 2.74. The van der Waals surface area contributed by atoms with Crippen LogP contribution in [-0.4, -0.2) is 16.6 Å². The number of rotatable bonds is 4. The first-order valence-corrected chi connectivity index (χ1v) is 10.4. The molecule has 1 unspecified atom stereocenters. The van der Waals surface area contributed by atoms with Crippen molar-refractivity contribution in [2.75, 3.05) is 4.90 Å². The highest BCUT2D eigenvalue weighted by atomic mass is 35.5. The number of nitro groups is 1. The van der Waals surface area contributed by atoms with Crippen molar-refractivity contribution in [3.05, 3.63) is 80.0 Å². The molecule has 0 N–H and O–H groups in total. The van der Waals surface area contributed by atoms with Gasteiger partial charge in [0.15, 0.2) is 5.78 Å². The molecule has 0 saturated heterocycles.